The van der Waals surface area contributed by atoms with Gasteiger partial charge in [0.15, 0.2) is 0 Å². The molecule has 6 heteroatoms. The highest BCUT2D eigenvalue weighted by molar-refractivity contribution is 7.10. The fraction of sp³-hybridized carbons (Fsp3) is 0.294. The lowest BCUT2D eigenvalue weighted by Gasteiger charge is -2.36. The van der Waals surface area contributed by atoms with Gasteiger partial charge in [-0.2, -0.15) is 0 Å². The molecule has 0 unspecified atom stereocenters. The Morgan fingerprint density at radius 2 is 2.13 bits per heavy atom. The van der Waals surface area contributed by atoms with Crippen molar-refractivity contribution in [2.45, 2.75) is 19.4 Å². The highest BCUT2D eigenvalue weighted by atomic mass is 32.1. The Kier molecular flexibility index (Phi) is 3.32. The van der Waals surface area contributed by atoms with Gasteiger partial charge < -0.3 is 0 Å². The van der Waals surface area contributed by atoms with Crippen LogP contribution in [0, 0.1) is 5.82 Å². The number of rotatable bonds is 2. The molecule has 1 atom stereocenters. The monoisotopic (exact) mass is 330 g/mol. The number of anilines is 1. The summed E-state index contributed by atoms with van der Waals surface area (Å²) in [5, 5.41) is 2.09. The molecule has 4 nitrogen and oxygen atoms in total. The number of hydrogen-bond acceptors (Lipinski definition) is 4. The molecule has 1 aromatic heterocycles. The second kappa shape index (κ2) is 5.25. The Balaban J connectivity index is 1.63. The highest BCUT2D eigenvalue weighted by Crippen LogP contribution is 2.35. The molecule has 0 saturated carbocycles. The van der Waals surface area contributed by atoms with Gasteiger partial charge in [0.1, 0.15) is 5.82 Å². The van der Waals surface area contributed by atoms with Gasteiger partial charge in [-0.3, -0.25) is 19.4 Å². The summed E-state index contributed by atoms with van der Waals surface area (Å²) >= 11 is 1.76. The molecule has 0 spiro atoms. The Morgan fingerprint density at radius 3 is 2.96 bits per heavy atom. The summed E-state index contributed by atoms with van der Waals surface area (Å²) in [4.78, 5) is 29.4. The largest absolute Gasteiger partial charge is 0.300 e. The van der Waals surface area contributed by atoms with E-state index in [0.29, 0.717) is 12.4 Å². The lowest BCUT2D eigenvalue weighted by atomic mass is 10.0. The first-order valence-corrected chi connectivity index (χ1v) is 8.40. The number of carbonyl (C=O) groups is 2. The minimum Gasteiger partial charge on any atom is -0.291 e. The second-order valence-electron chi connectivity index (χ2n) is 5.90. The van der Waals surface area contributed by atoms with E-state index in [9.17, 15) is 14.0 Å². The van der Waals surface area contributed by atoms with E-state index in [4.69, 9.17) is 0 Å². The van der Waals surface area contributed by atoms with Crippen LogP contribution < -0.4 is 4.90 Å². The van der Waals surface area contributed by atoms with E-state index in [2.05, 4.69) is 23.3 Å². The van der Waals surface area contributed by atoms with Crippen molar-refractivity contribution < 1.29 is 14.0 Å². The first-order chi connectivity index (χ1) is 11.1. The normalized spacial score (nSPS) is 20.8. The Morgan fingerprint density at radius 1 is 1.30 bits per heavy atom. The van der Waals surface area contributed by atoms with E-state index in [-0.39, 0.29) is 11.6 Å². The molecule has 4 rings (SSSR count). The number of fused-ring (bicyclic) bond motifs is 2. The number of carbonyl (C=O) groups excluding carboxylic acids is 2. The fourth-order valence-corrected chi connectivity index (χ4v) is 4.31. The van der Waals surface area contributed by atoms with E-state index in [0.717, 1.165) is 19.0 Å². The van der Waals surface area contributed by atoms with E-state index >= 15 is 0 Å². The van der Waals surface area contributed by atoms with E-state index in [1.807, 2.05) is 0 Å². The number of amides is 1. The van der Waals surface area contributed by atoms with Gasteiger partial charge in [-0.1, -0.05) is 0 Å². The van der Waals surface area contributed by atoms with Crippen LogP contribution in [0.5, 0.6) is 0 Å². The van der Waals surface area contributed by atoms with Gasteiger partial charge in [0.25, 0.3) is 5.78 Å². The minimum absolute atomic E-state index is 0.163. The zero-order valence-corrected chi connectivity index (χ0v) is 13.4. The molecule has 0 saturated heterocycles. The number of thiophene rings is 1. The number of Topliss-reactive ketones (excluding diaryl/α,β-unsaturated/α-hetero) is 1. The predicted octanol–water partition coefficient (Wildman–Crippen LogP) is 2.99. The second-order valence-corrected chi connectivity index (χ2v) is 6.90. The molecule has 23 heavy (non-hydrogen) atoms. The molecular weight excluding hydrogens is 315 g/mol. The number of nitrogens with zero attached hydrogens (tertiary/aromatic N) is 2. The van der Waals surface area contributed by atoms with Crippen LogP contribution in [0.15, 0.2) is 29.6 Å². The average Bonchev–Trinajstić information content (AvgIpc) is 3.10. The molecule has 0 aliphatic carbocycles. The lowest BCUT2D eigenvalue weighted by Crippen LogP contribution is -2.44. The molecule has 0 fully saturated rings. The first-order valence-electron chi connectivity index (χ1n) is 7.52. The maximum Gasteiger partial charge on any atom is 0.300 e. The van der Waals surface area contributed by atoms with Gasteiger partial charge in [-0.15, -0.1) is 11.3 Å². The minimum atomic E-state index is -0.625. The third-order valence-corrected chi connectivity index (χ3v) is 5.66. The summed E-state index contributed by atoms with van der Waals surface area (Å²) in [6, 6.07) is 6.26. The van der Waals surface area contributed by atoms with Crippen molar-refractivity contribution in [3.05, 3.63) is 51.5 Å². The Bertz CT molecular complexity index is 817. The SMILES string of the molecule is C[C@H]1c2ccsc2CCN1CN1C(=O)C(=O)c2cc(F)ccc21. The van der Waals surface area contributed by atoms with Crippen LogP contribution in [0.25, 0.3) is 0 Å². The maximum absolute atomic E-state index is 13.3. The van der Waals surface area contributed by atoms with Crippen molar-refractivity contribution >= 4 is 28.7 Å². The third-order valence-electron chi connectivity index (χ3n) is 4.66. The summed E-state index contributed by atoms with van der Waals surface area (Å²) in [6.07, 6.45) is 0.948. The summed E-state index contributed by atoms with van der Waals surface area (Å²) in [6.45, 7) is 3.29. The van der Waals surface area contributed by atoms with Crippen LogP contribution >= 0.6 is 11.3 Å². The summed E-state index contributed by atoms with van der Waals surface area (Å²) in [7, 11) is 0. The smallest absolute Gasteiger partial charge is 0.291 e. The molecule has 2 aliphatic rings. The van der Waals surface area contributed by atoms with Crippen LogP contribution in [0.2, 0.25) is 0 Å². The van der Waals surface area contributed by atoms with Crippen LogP contribution in [0.3, 0.4) is 0 Å². The summed E-state index contributed by atoms with van der Waals surface area (Å²) < 4.78 is 13.3. The van der Waals surface area contributed by atoms with E-state index in [1.54, 1.807) is 11.3 Å². The average molecular weight is 330 g/mol. The molecule has 2 aromatic rings. The maximum atomic E-state index is 13.3. The summed E-state index contributed by atoms with van der Waals surface area (Å²) in [5.74, 6) is -1.70. The molecule has 0 N–H and O–H groups in total. The zero-order valence-electron chi connectivity index (χ0n) is 12.6. The van der Waals surface area contributed by atoms with Crippen LogP contribution in [0.4, 0.5) is 10.1 Å². The standard InChI is InChI=1S/C17H15FN2O2S/c1-10-12-5-7-23-15(12)4-6-19(10)9-20-14-3-2-11(18)8-13(14)16(21)17(20)22/h2-3,5,7-8,10H,4,6,9H2,1H3/t10-/m0/s1. The molecule has 3 heterocycles. The van der Waals surface area contributed by atoms with Crippen LogP contribution in [0.1, 0.15) is 33.8 Å². The van der Waals surface area contributed by atoms with Crippen molar-refractivity contribution in [3.8, 4) is 0 Å². The van der Waals surface area contributed by atoms with Gasteiger partial charge in [0.05, 0.1) is 17.9 Å². The Labute approximate surface area is 137 Å². The zero-order chi connectivity index (χ0) is 16.1. The van der Waals surface area contributed by atoms with E-state index < -0.39 is 17.5 Å². The van der Waals surface area contributed by atoms with Crippen LogP contribution in [-0.4, -0.2) is 29.8 Å². The topological polar surface area (TPSA) is 40.6 Å². The quantitative estimate of drug-likeness (QED) is 0.795. The number of benzene rings is 1. The molecule has 118 valence electrons. The summed E-state index contributed by atoms with van der Waals surface area (Å²) in [5.41, 5.74) is 1.96. The van der Waals surface area contributed by atoms with Gasteiger partial charge in [0.2, 0.25) is 0 Å². The fourth-order valence-electron chi connectivity index (χ4n) is 3.35. The van der Waals surface area contributed by atoms with Crippen LogP contribution in [-0.2, 0) is 11.2 Å². The molecule has 1 aromatic carbocycles. The Hall–Kier alpha value is -2.05. The van der Waals surface area contributed by atoms with Crippen molar-refractivity contribution in [3.63, 3.8) is 0 Å². The molecule has 1 amide bonds. The van der Waals surface area contributed by atoms with Crippen molar-refractivity contribution in [1.29, 1.82) is 0 Å². The van der Waals surface area contributed by atoms with Gasteiger partial charge in [-0.25, -0.2) is 4.39 Å². The van der Waals surface area contributed by atoms with Crippen molar-refractivity contribution in [2.24, 2.45) is 0 Å². The molecule has 2 aliphatic heterocycles. The lowest BCUT2D eigenvalue weighted by molar-refractivity contribution is -0.114. The number of hydrogen-bond donors (Lipinski definition) is 0. The van der Waals surface area contributed by atoms with Crippen molar-refractivity contribution in [1.82, 2.24) is 4.90 Å². The highest BCUT2D eigenvalue weighted by Gasteiger charge is 2.38. The number of halogens is 1. The predicted molar refractivity (Wildman–Crippen MR) is 86.2 cm³/mol. The van der Waals surface area contributed by atoms with Gasteiger partial charge >= 0.3 is 5.91 Å². The first kappa shape index (κ1) is 14.5. The van der Waals surface area contributed by atoms with E-state index in [1.165, 1.54) is 27.5 Å². The van der Waals surface area contributed by atoms with Gasteiger partial charge in [-0.05, 0) is 48.6 Å². The van der Waals surface area contributed by atoms with Gasteiger partial charge in [0, 0.05) is 17.5 Å². The molecular formula is C17H15FN2O2S. The van der Waals surface area contributed by atoms with Crippen molar-refractivity contribution in [2.75, 3.05) is 18.1 Å². The molecule has 0 radical (unpaired) electrons. The molecule has 0 bridgehead atoms. The number of ketones is 1. The third kappa shape index (κ3) is 2.21.